The van der Waals surface area contributed by atoms with Gasteiger partial charge in [-0.25, -0.2) is 0 Å². The lowest BCUT2D eigenvalue weighted by atomic mass is 9.79. The smallest absolute Gasteiger partial charge is 0.244 e. The Bertz CT molecular complexity index is 514. The Morgan fingerprint density at radius 3 is 2.40 bits per heavy atom. The van der Waals surface area contributed by atoms with E-state index in [1.165, 1.54) is 0 Å². The molecule has 0 saturated heterocycles. The average Bonchev–Trinajstić information content (AvgIpc) is 2.42. The number of hydrogen-bond donors (Lipinski definition) is 1. The van der Waals surface area contributed by atoms with Crippen molar-refractivity contribution in [1.82, 2.24) is 0 Å². The molecule has 0 atom stereocenters. The summed E-state index contributed by atoms with van der Waals surface area (Å²) in [6.45, 7) is 5.87. The molecule has 4 heteroatoms. The minimum absolute atomic E-state index is 0.233. The number of nitrogens with one attached hydrogen (secondary N) is 1. The van der Waals surface area contributed by atoms with E-state index in [2.05, 4.69) is 11.4 Å². The number of carbonyl (C=O) groups is 1. The molecule has 0 bridgehead atoms. The lowest BCUT2D eigenvalue weighted by Gasteiger charge is -2.24. The number of rotatable bonds is 6. The number of nitrogens with zero attached hydrogens (tertiary/aromatic N) is 1. The normalized spacial score (nSPS) is 10.9. The quantitative estimate of drug-likeness (QED) is 0.826. The molecule has 1 aromatic carbocycles. The van der Waals surface area contributed by atoms with Gasteiger partial charge in [0.15, 0.2) is 0 Å². The van der Waals surface area contributed by atoms with Crippen LogP contribution in [0.15, 0.2) is 18.2 Å². The highest BCUT2D eigenvalue weighted by molar-refractivity contribution is 6.31. The zero-order chi connectivity index (χ0) is 15.2. The van der Waals surface area contributed by atoms with E-state index in [9.17, 15) is 10.1 Å². The van der Waals surface area contributed by atoms with Crippen LogP contribution in [0, 0.1) is 23.7 Å². The van der Waals surface area contributed by atoms with Gasteiger partial charge in [-0.05, 0) is 37.5 Å². The van der Waals surface area contributed by atoms with Gasteiger partial charge in [-0.3, -0.25) is 4.79 Å². The maximum absolute atomic E-state index is 12.5. The summed E-state index contributed by atoms with van der Waals surface area (Å²) < 4.78 is 0. The van der Waals surface area contributed by atoms with E-state index in [1.807, 2.05) is 26.8 Å². The summed E-state index contributed by atoms with van der Waals surface area (Å²) in [6, 6.07) is 7.59. The number of anilines is 1. The third-order valence-corrected chi connectivity index (χ3v) is 3.84. The molecule has 0 heterocycles. The van der Waals surface area contributed by atoms with Crippen LogP contribution in [0.25, 0.3) is 0 Å². The number of halogens is 1. The molecule has 3 nitrogen and oxygen atoms in total. The Morgan fingerprint density at radius 2 is 1.95 bits per heavy atom. The molecule has 0 aliphatic carbocycles. The van der Waals surface area contributed by atoms with Gasteiger partial charge in [0.25, 0.3) is 0 Å². The molecule has 0 aliphatic heterocycles. The molecule has 1 amide bonds. The molecule has 0 aromatic heterocycles. The summed E-state index contributed by atoms with van der Waals surface area (Å²) >= 11 is 6.05. The lowest BCUT2D eigenvalue weighted by Crippen LogP contribution is -2.35. The largest absolute Gasteiger partial charge is 0.325 e. The molecule has 1 N–H and O–H groups in total. The van der Waals surface area contributed by atoms with Crippen LogP contribution in [0.1, 0.15) is 45.1 Å². The highest BCUT2D eigenvalue weighted by Crippen LogP contribution is 2.31. The predicted octanol–water partition coefficient (Wildman–Crippen LogP) is 4.70. The Balaban J connectivity index is 2.96. The molecule has 108 valence electrons. The van der Waals surface area contributed by atoms with Gasteiger partial charge >= 0.3 is 0 Å². The van der Waals surface area contributed by atoms with E-state index in [0.717, 1.165) is 18.4 Å². The summed E-state index contributed by atoms with van der Waals surface area (Å²) in [7, 11) is 0. The minimum atomic E-state index is -0.944. The SMILES string of the molecule is CCCC(C#N)(CCC)C(=O)Nc1ccc(C)c(Cl)c1. The number of aryl methyl sites for hydroxylation is 1. The van der Waals surface area contributed by atoms with Gasteiger partial charge in [-0.1, -0.05) is 44.4 Å². The fraction of sp³-hybridized carbons (Fsp3) is 0.500. The van der Waals surface area contributed by atoms with E-state index < -0.39 is 5.41 Å². The number of amides is 1. The molecule has 0 unspecified atom stereocenters. The Hall–Kier alpha value is -1.53. The second-order valence-electron chi connectivity index (χ2n) is 5.11. The van der Waals surface area contributed by atoms with Crippen molar-refractivity contribution in [1.29, 1.82) is 5.26 Å². The van der Waals surface area contributed by atoms with Gasteiger partial charge < -0.3 is 5.32 Å². The molecule has 20 heavy (non-hydrogen) atoms. The molecular weight excluding hydrogens is 272 g/mol. The van der Waals surface area contributed by atoms with Crippen LogP contribution in [0.3, 0.4) is 0 Å². The van der Waals surface area contributed by atoms with E-state index in [-0.39, 0.29) is 5.91 Å². The van der Waals surface area contributed by atoms with Gasteiger partial charge in [0.1, 0.15) is 5.41 Å². The first-order chi connectivity index (χ1) is 9.49. The molecule has 1 aromatic rings. The third-order valence-electron chi connectivity index (χ3n) is 3.43. The molecule has 1 rings (SSSR count). The Morgan fingerprint density at radius 1 is 1.35 bits per heavy atom. The fourth-order valence-corrected chi connectivity index (χ4v) is 2.47. The standard InChI is InChI=1S/C16H21ClN2O/c1-4-8-16(11-18,9-5-2)15(20)19-13-7-6-12(3)14(17)10-13/h6-7,10H,4-5,8-9H2,1-3H3,(H,19,20). The predicted molar refractivity (Wildman–Crippen MR) is 82.7 cm³/mol. The van der Waals surface area contributed by atoms with Crippen molar-refractivity contribution in [3.63, 3.8) is 0 Å². The maximum atomic E-state index is 12.5. The van der Waals surface area contributed by atoms with E-state index in [4.69, 9.17) is 11.6 Å². The molecule has 0 radical (unpaired) electrons. The van der Waals surface area contributed by atoms with Crippen molar-refractivity contribution >= 4 is 23.2 Å². The topological polar surface area (TPSA) is 52.9 Å². The average molecular weight is 293 g/mol. The van der Waals surface area contributed by atoms with Crippen LogP contribution in [0.4, 0.5) is 5.69 Å². The second-order valence-corrected chi connectivity index (χ2v) is 5.52. The van der Waals surface area contributed by atoms with Crippen molar-refractivity contribution in [2.45, 2.75) is 46.5 Å². The van der Waals surface area contributed by atoms with Crippen LogP contribution < -0.4 is 5.32 Å². The summed E-state index contributed by atoms with van der Waals surface area (Å²) in [5.41, 5.74) is 0.650. The van der Waals surface area contributed by atoms with Crippen molar-refractivity contribution in [2.75, 3.05) is 5.32 Å². The van der Waals surface area contributed by atoms with Gasteiger partial charge in [0.2, 0.25) is 5.91 Å². The zero-order valence-electron chi connectivity index (χ0n) is 12.3. The van der Waals surface area contributed by atoms with Gasteiger partial charge in [-0.2, -0.15) is 5.26 Å². The van der Waals surface area contributed by atoms with E-state index in [0.29, 0.717) is 23.6 Å². The minimum Gasteiger partial charge on any atom is -0.325 e. The van der Waals surface area contributed by atoms with Crippen LogP contribution >= 0.6 is 11.6 Å². The number of nitriles is 1. The molecule has 0 spiro atoms. The van der Waals surface area contributed by atoms with Gasteiger partial charge in [0, 0.05) is 10.7 Å². The first kappa shape index (κ1) is 16.5. The summed E-state index contributed by atoms with van der Waals surface area (Å²) in [5.74, 6) is -0.233. The van der Waals surface area contributed by atoms with E-state index >= 15 is 0 Å². The summed E-state index contributed by atoms with van der Waals surface area (Å²) in [4.78, 5) is 12.5. The summed E-state index contributed by atoms with van der Waals surface area (Å²) in [5, 5.41) is 12.9. The highest BCUT2D eigenvalue weighted by atomic mass is 35.5. The van der Waals surface area contributed by atoms with Crippen LogP contribution in [-0.2, 0) is 4.79 Å². The van der Waals surface area contributed by atoms with Crippen molar-refractivity contribution < 1.29 is 4.79 Å². The Kier molecular flexibility index (Phi) is 6.04. The summed E-state index contributed by atoms with van der Waals surface area (Å²) in [6.07, 6.45) is 2.75. The van der Waals surface area contributed by atoms with Crippen molar-refractivity contribution in [3.05, 3.63) is 28.8 Å². The zero-order valence-corrected chi connectivity index (χ0v) is 13.0. The first-order valence-electron chi connectivity index (χ1n) is 6.98. The van der Waals surface area contributed by atoms with Gasteiger partial charge in [0.05, 0.1) is 6.07 Å². The fourth-order valence-electron chi connectivity index (χ4n) is 2.29. The second kappa shape index (κ2) is 7.31. The van der Waals surface area contributed by atoms with Crippen molar-refractivity contribution in [3.8, 4) is 6.07 Å². The van der Waals surface area contributed by atoms with Crippen LogP contribution in [-0.4, -0.2) is 5.91 Å². The number of benzene rings is 1. The highest BCUT2D eigenvalue weighted by Gasteiger charge is 2.36. The first-order valence-corrected chi connectivity index (χ1v) is 7.35. The Labute approximate surface area is 125 Å². The lowest BCUT2D eigenvalue weighted by molar-refractivity contribution is -0.123. The van der Waals surface area contributed by atoms with Crippen molar-refractivity contribution in [2.24, 2.45) is 5.41 Å². The van der Waals surface area contributed by atoms with Crippen LogP contribution in [0.5, 0.6) is 0 Å². The number of carbonyl (C=O) groups excluding carboxylic acids is 1. The maximum Gasteiger partial charge on any atom is 0.244 e. The monoisotopic (exact) mass is 292 g/mol. The molecule has 0 aliphatic rings. The molecular formula is C16H21ClN2O. The van der Waals surface area contributed by atoms with Gasteiger partial charge in [-0.15, -0.1) is 0 Å². The molecule has 0 saturated carbocycles. The van der Waals surface area contributed by atoms with E-state index in [1.54, 1.807) is 12.1 Å². The number of hydrogen-bond acceptors (Lipinski definition) is 2. The van der Waals surface area contributed by atoms with Crippen LogP contribution in [0.2, 0.25) is 5.02 Å². The third kappa shape index (κ3) is 3.74. The molecule has 0 fully saturated rings.